The molecule has 0 amide bonds. The van der Waals surface area contributed by atoms with Crippen molar-refractivity contribution in [3.8, 4) is 0 Å². The van der Waals surface area contributed by atoms with Gasteiger partial charge in [0.25, 0.3) is 0 Å². The molecule has 2 rings (SSSR count). The fourth-order valence-electron chi connectivity index (χ4n) is 1.92. The lowest BCUT2D eigenvalue weighted by Gasteiger charge is -2.15. The van der Waals surface area contributed by atoms with Crippen LogP contribution in [0.25, 0.3) is 0 Å². The summed E-state index contributed by atoms with van der Waals surface area (Å²) in [5.74, 6) is 0. The summed E-state index contributed by atoms with van der Waals surface area (Å²) in [5.41, 5.74) is 3.49. The van der Waals surface area contributed by atoms with Gasteiger partial charge in [-0.05, 0) is 36.6 Å². The van der Waals surface area contributed by atoms with Crippen molar-refractivity contribution in [2.45, 2.75) is 26.4 Å². The van der Waals surface area contributed by atoms with Crippen molar-refractivity contribution in [2.24, 2.45) is 0 Å². The van der Waals surface area contributed by atoms with Crippen LogP contribution < -0.4 is 5.32 Å². The first-order valence-corrected chi connectivity index (χ1v) is 6.43. The molecule has 0 aliphatic rings. The Labute approximate surface area is 113 Å². The van der Waals surface area contributed by atoms with E-state index in [0.717, 1.165) is 17.1 Å². The Bertz CT molecular complexity index is 525. The molecule has 2 nitrogen and oxygen atoms in total. The molecule has 1 aromatic carbocycles. The molecule has 0 fully saturated rings. The number of aromatic nitrogens is 1. The maximum atomic E-state index is 6.17. The zero-order chi connectivity index (χ0) is 13.0. The van der Waals surface area contributed by atoms with Crippen molar-refractivity contribution >= 4 is 11.6 Å². The Balaban J connectivity index is 2.00. The molecule has 0 saturated heterocycles. The van der Waals surface area contributed by atoms with Gasteiger partial charge >= 0.3 is 0 Å². The summed E-state index contributed by atoms with van der Waals surface area (Å²) in [5, 5.41) is 4.26. The second-order valence-electron chi connectivity index (χ2n) is 4.49. The van der Waals surface area contributed by atoms with Gasteiger partial charge in [0.2, 0.25) is 0 Å². The van der Waals surface area contributed by atoms with Crippen LogP contribution >= 0.6 is 11.6 Å². The molecule has 0 bridgehead atoms. The van der Waals surface area contributed by atoms with Crippen molar-refractivity contribution in [1.82, 2.24) is 10.3 Å². The first-order valence-electron chi connectivity index (χ1n) is 6.05. The molecule has 0 aliphatic heterocycles. The molecule has 1 atom stereocenters. The van der Waals surface area contributed by atoms with Crippen LogP contribution in [-0.2, 0) is 6.54 Å². The molecule has 1 N–H and O–H groups in total. The number of nitrogens with zero attached hydrogens (tertiary/aromatic N) is 1. The second kappa shape index (κ2) is 5.98. The summed E-state index contributed by atoms with van der Waals surface area (Å²) in [7, 11) is 0. The zero-order valence-electron chi connectivity index (χ0n) is 10.7. The van der Waals surface area contributed by atoms with E-state index in [4.69, 9.17) is 11.6 Å². The molecule has 0 saturated carbocycles. The first kappa shape index (κ1) is 13.1. The van der Waals surface area contributed by atoms with Crippen molar-refractivity contribution in [2.75, 3.05) is 0 Å². The van der Waals surface area contributed by atoms with Gasteiger partial charge in [-0.3, -0.25) is 4.98 Å². The number of hydrogen-bond donors (Lipinski definition) is 1. The minimum atomic E-state index is 0.221. The predicted octanol–water partition coefficient (Wildman–Crippen LogP) is 3.89. The van der Waals surface area contributed by atoms with Crippen molar-refractivity contribution in [1.29, 1.82) is 0 Å². The van der Waals surface area contributed by atoms with E-state index in [1.165, 1.54) is 11.1 Å². The van der Waals surface area contributed by atoms with Crippen LogP contribution in [0.4, 0.5) is 0 Å². The van der Waals surface area contributed by atoms with Crippen molar-refractivity contribution in [3.05, 3.63) is 64.4 Å². The summed E-state index contributed by atoms with van der Waals surface area (Å²) in [6, 6.07) is 10.3. The Hall–Kier alpha value is -1.38. The monoisotopic (exact) mass is 260 g/mol. The number of aryl methyl sites for hydroxylation is 1. The van der Waals surface area contributed by atoms with Crippen LogP contribution in [-0.4, -0.2) is 4.98 Å². The number of halogens is 1. The number of benzene rings is 1. The molecule has 0 radical (unpaired) electrons. The van der Waals surface area contributed by atoms with Gasteiger partial charge in [-0.1, -0.05) is 35.9 Å². The SMILES string of the molecule is Cc1cncc(CN[C@@H](C)c2ccccc2Cl)c1. The molecule has 94 valence electrons. The lowest BCUT2D eigenvalue weighted by atomic mass is 10.1. The Morgan fingerprint density at radius 1 is 1.28 bits per heavy atom. The summed E-state index contributed by atoms with van der Waals surface area (Å²) < 4.78 is 0. The average Bonchev–Trinajstić information content (AvgIpc) is 2.37. The normalized spacial score (nSPS) is 12.4. The summed E-state index contributed by atoms with van der Waals surface area (Å²) in [6.45, 7) is 4.96. The summed E-state index contributed by atoms with van der Waals surface area (Å²) in [6.07, 6.45) is 3.75. The highest BCUT2D eigenvalue weighted by Gasteiger charge is 2.08. The van der Waals surface area contributed by atoms with E-state index in [1.807, 2.05) is 37.5 Å². The lowest BCUT2D eigenvalue weighted by molar-refractivity contribution is 0.574. The second-order valence-corrected chi connectivity index (χ2v) is 4.90. The van der Waals surface area contributed by atoms with Crippen LogP contribution in [0.15, 0.2) is 42.7 Å². The fraction of sp³-hybridized carbons (Fsp3) is 0.267. The van der Waals surface area contributed by atoms with Gasteiger partial charge in [0.15, 0.2) is 0 Å². The number of hydrogen-bond acceptors (Lipinski definition) is 2. The Morgan fingerprint density at radius 3 is 2.78 bits per heavy atom. The van der Waals surface area contributed by atoms with Crippen LogP contribution in [0, 0.1) is 6.92 Å². The van der Waals surface area contributed by atoms with Gasteiger partial charge in [-0.15, -0.1) is 0 Å². The van der Waals surface area contributed by atoms with Crippen LogP contribution in [0.3, 0.4) is 0 Å². The third-order valence-electron chi connectivity index (χ3n) is 2.92. The van der Waals surface area contributed by atoms with Gasteiger partial charge in [0.1, 0.15) is 0 Å². The predicted molar refractivity (Wildman–Crippen MR) is 75.7 cm³/mol. The third-order valence-corrected chi connectivity index (χ3v) is 3.26. The standard InChI is InChI=1S/C15H17ClN2/c1-11-7-13(9-17-8-11)10-18-12(2)14-5-3-4-6-15(14)16/h3-9,12,18H,10H2,1-2H3/t12-/m0/s1. The van der Waals surface area contributed by atoms with Crippen LogP contribution in [0.1, 0.15) is 29.7 Å². The van der Waals surface area contributed by atoms with Crippen molar-refractivity contribution in [3.63, 3.8) is 0 Å². The molecule has 3 heteroatoms. The van der Waals surface area contributed by atoms with E-state index >= 15 is 0 Å². The maximum Gasteiger partial charge on any atom is 0.0453 e. The summed E-state index contributed by atoms with van der Waals surface area (Å²) >= 11 is 6.17. The van der Waals surface area contributed by atoms with Gasteiger partial charge in [-0.25, -0.2) is 0 Å². The fourth-order valence-corrected chi connectivity index (χ4v) is 2.22. The van der Waals surface area contributed by atoms with Crippen LogP contribution in [0.5, 0.6) is 0 Å². The number of nitrogens with one attached hydrogen (secondary N) is 1. The smallest absolute Gasteiger partial charge is 0.0453 e. The zero-order valence-corrected chi connectivity index (χ0v) is 11.4. The molecular weight excluding hydrogens is 244 g/mol. The minimum absolute atomic E-state index is 0.221. The molecule has 0 aliphatic carbocycles. The largest absolute Gasteiger partial charge is 0.306 e. The van der Waals surface area contributed by atoms with E-state index in [2.05, 4.69) is 29.4 Å². The first-order chi connectivity index (χ1) is 8.66. The van der Waals surface area contributed by atoms with E-state index in [9.17, 15) is 0 Å². The Morgan fingerprint density at radius 2 is 2.06 bits per heavy atom. The molecule has 18 heavy (non-hydrogen) atoms. The third kappa shape index (κ3) is 3.31. The van der Waals surface area contributed by atoms with E-state index in [0.29, 0.717) is 0 Å². The van der Waals surface area contributed by atoms with Gasteiger partial charge in [0, 0.05) is 30.0 Å². The highest BCUT2D eigenvalue weighted by Crippen LogP contribution is 2.22. The van der Waals surface area contributed by atoms with Gasteiger partial charge in [0.05, 0.1) is 0 Å². The summed E-state index contributed by atoms with van der Waals surface area (Å²) in [4.78, 5) is 4.19. The molecule has 1 aromatic heterocycles. The highest BCUT2D eigenvalue weighted by atomic mass is 35.5. The van der Waals surface area contributed by atoms with E-state index < -0.39 is 0 Å². The topological polar surface area (TPSA) is 24.9 Å². The molecule has 2 aromatic rings. The van der Waals surface area contributed by atoms with E-state index in [-0.39, 0.29) is 6.04 Å². The molecule has 0 unspecified atom stereocenters. The average molecular weight is 261 g/mol. The number of rotatable bonds is 4. The van der Waals surface area contributed by atoms with E-state index in [1.54, 1.807) is 0 Å². The Kier molecular flexibility index (Phi) is 4.34. The number of pyridine rings is 1. The van der Waals surface area contributed by atoms with Gasteiger partial charge in [-0.2, -0.15) is 0 Å². The lowest BCUT2D eigenvalue weighted by Crippen LogP contribution is -2.18. The quantitative estimate of drug-likeness (QED) is 0.902. The van der Waals surface area contributed by atoms with Crippen LogP contribution in [0.2, 0.25) is 5.02 Å². The van der Waals surface area contributed by atoms with Crippen molar-refractivity contribution < 1.29 is 0 Å². The minimum Gasteiger partial charge on any atom is -0.306 e. The highest BCUT2D eigenvalue weighted by molar-refractivity contribution is 6.31. The molecule has 0 spiro atoms. The maximum absolute atomic E-state index is 6.17. The molecular formula is C15H17ClN2. The molecule has 1 heterocycles. The van der Waals surface area contributed by atoms with Gasteiger partial charge < -0.3 is 5.32 Å².